The molecule has 1 aliphatic heterocycles. The van der Waals surface area contributed by atoms with Gasteiger partial charge >= 0.3 is 0 Å². The second-order valence-electron chi connectivity index (χ2n) is 6.38. The van der Waals surface area contributed by atoms with Crippen molar-refractivity contribution in [3.05, 3.63) is 29.8 Å². The molecule has 6 nitrogen and oxygen atoms in total. The fraction of sp³-hybridized carbons (Fsp3) is 0.588. The van der Waals surface area contributed by atoms with Gasteiger partial charge in [0.25, 0.3) is 0 Å². The monoisotopic (exact) mass is 353 g/mol. The molecular weight excluding hydrogens is 326 g/mol. The van der Waals surface area contributed by atoms with Crippen LogP contribution >= 0.6 is 0 Å². The Morgan fingerprint density at radius 2 is 2.00 bits per heavy atom. The molecule has 1 saturated heterocycles. The predicted octanol–water partition coefficient (Wildman–Crippen LogP) is 1.07. The van der Waals surface area contributed by atoms with Crippen LogP contribution in [0.5, 0.6) is 0 Å². The van der Waals surface area contributed by atoms with Crippen LogP contribution in [-0.2, 0) is 14.8 Å². The molecule has 0 bridgehead atoms. The summed E-state index contributed by atoms with van der Waals surface area (Å²) in [5.41, 5.74) is 1.02. The van der Waals surface area contributed by atoms with Gasteiger partial charge in [-0.05, 0) is 38.9 Å². The van der Waals surface area contributed by atoms with Crippen molar-refractivity contribution >= 4 is 15.9 Å². The molecule has 0 aromatic heterocycles. The summed E-state index contributed by atoms with van der Waals surface area (Å²) >= 11 is 0. The molecule has 1 fully saturated rings. The zero-order chi connectivity index (χ0) is 17.7. The van der Waals surface area contributed by atoms with E-state index in [0.29, 0.717) is 24.4 Å². The van der Waals surface area contributed by atoms with Gasteiger partial charge in [0.05, 0.1) is 10.8 Å². The molecule has 0 saturated carbocycles. The number of amides is 1. The lowest BCUT2D eigenvalue weighted by atomic mass is 9.98. The van der Waals surface area contributed by atoms with Crippen LogP contribution in [-0.4, -0.2) is 63.8 Å². The van der Waals surface area contributed by atoms with Gasteiger partial charge in [-0.25, -0.2) is 8.42 Å². The lowest BCUT2D eigenvalue weighted by Gasteiger charge is -2.33. The van der Waals surface area contributed by atoms with Crippen molar-refractivity contribution in [1.29, 1.82) is 0 Å². The quantitative estimate of drug-likeness (QED) is 0.831. The lowest BCUT2D eigenvalue weighted by molar-refractivity contribution is -0.135. The Hall–Kier alpha value is -1.44. The molecular formula is C17H27N3O3S. The first-order valence-corrected chi connectivity index (χ1v) is 9.76. The third kappa shape index (κ3) is 4.34. The fourth-order valence-electron chi connectivity index (χ4n) is 2.92. The predicted molar refractivity (Wildman–Crippen MR) is 94.2 cm³/mol. The number of piperidine rings is 1. The summed E-state index contributed by atoms with van der Waals surface area (Å²) in [7, 11) is 0.0754. The molecule has 2 rings (SSSR count). The standard InChI is InChI=1S/C17H27N3O3S/c1-14-6-8-16(9-7-14)24(22,23)20-11-4-5-15(13-20)17(21)19(3)12-10-18-2/h6-9,15,18H,4-5,10-13H2,1-3H3. The Kier molecular flexibility index (Phi) is 6.37. The van der Waals surface area contributed by atoms with Gasteiger partial charge in [0.15, 0.2) is 0 Å². The normalized spacial score (nSPS) is 19.2. The van der Waals surface area contributed by atoms with Gasteiger partial charge in [-0.3, -0.25) is 4.79 Å². The number of carbonyl (C=O) groups excluding carboxylic acids is 1. The summed E-state index contributed by atoms with van der Waals surface area (Å²) in [6.07, 6.45) is 1.45. The molecule has 1 heterocycles. The van der Waals surface area contributed by atoms with E-state index in [0.717, 1.165) is 18.5 Å². The third-order valence-electron chi connectivity index (χ3n) is 4.47. The van der Waals surface area contributed by atoms with E-state index in [-0.39, 0.29) is 18.4 Å². The number of nitrogens with zero attached hydrogens (tertiary/aromatic N) is 2. The Bertz CT molecular complexity index is 658. The maximum absolute atomic E-state index is 12.8. The van der Waals surface area contributed by atoms with Gasteiger partial charge in [-0.15, -0.1) is 0 Å². The van der Waals surface area contributed by atoms with E-state index in [4.69, 9.17) is 0 Å². The molecule has 1 aromatic rings. The molecule has 24 heavy (non-hydrogen) atoms. The summed E-state index contributed by atoms with van der Waals surface area (Å²) in [4.78, 5) is 14.5. The summed E-state index contributed by atoms with van der Waals surface area (Å²) in [5.74, 6) is -0.241. The van der Waals surface area contributed by atoms with E-state index < -0.39 is 10.0 Å². The number of sulfonamides is 1. The number of hydrogen-bond acceptors (Lipinski definition) is 4. The molecule has 1 amide bonds. The van der Waals surface area contributed by atoms with Crippen molar-refractivity contribution in [3.63, 3.8) is 0 Å². The smallest absolute Gasteiger partial charge is 0.243 e. The Labute approximate surface area is 144 Å². The lowest BCUT2D eigenvalue weighted by Crippen LogP contribution is -2.46. The second kappa shape index (κ2) is 8.09. The molecule has 7 heteroatoms. The number of benzene rings is 1. The van der Waals surface area contributed by atoms with Crippen molar-refractivity contribution in [3.8, 4) is 0 Å². The number of carbonyl (C=O) groups is 1. The van der Waals surface area contributed by atoms with Crippen LogP contribution in [0.2, 0.25) is 0 Å². The highest BCUT2D eigenvalue weighted by Gasteiger charge is 2.34. The highest BCUT2D eigenvalue weighted by atomic mass is 32.2. The molecule has 1 aliphatic rings. The minimum absolute atomic E-state index is 0.0223. The van der Waals surface area contributed by atoms with Crippen molar-refractivity contribution in [1.82, 2.24) is 14.5 Å². The minimum atomic E-state index is -3.54. The topological polar surface area (TPSA) is 69.7 Å². The number of nitrogens with one attached hydrogen (secondary N) is 1. The summed E-state index contributed by atoms with van der Waals surface area (Å²) in [6, 6.07) is 6.86. The minimum Gasteiger partial charge on any atom is -0.344 e. The molecule has 134 valence electrons. The van der Waals surface area contributed by atoms with Crippen LogP contribution in [0.25, 0.3) is 0 Å². The molecule has 0 aliphatic carbocycles. The first kappa shape index (κ1) is 18.9. The van der Waals surface area contributed by atoms with Crippen molar-refractivity contribution in [2.24, 2.45) is 5.92 Å². The Morgan fingerprint density at radius 1 is 1.33 bits per heavy atom. The van der Waals surface area contributed by atoms with Gasteiger partial charge in [0.1, 0.15) is 0 Å². The van der Waals surface area contributed by atoms with Crippen LogP contribution in [0.4, 0.5) is 0 Å². The van der Waals surface area contributed by atoms with E-state index in [9.17, 15) is 13.2 Å². The molecule has 1 unspecified atom stereocenters. The van der Waals surface area contributed by atoms with Crippen LogP contribution < -0.4 is 5.32 Å². The summed E-state index contributed by atoms with van der Waals surface area (Å²) in [6.45, 7) is 4.00. The molecule has 1 atom stereocenters. The van der Waals surface area contributed by atoms with Gasteiger partial charge in [-0.2, -0.15) is 4.31 Å². The maximum atomic E-state index is 12.8. The average Bonchev–Trinajstić information content (AvgIpc) is 2.59. The highest BCUT2D eigenvalue weighted by molar-refractivity contribution is 7.89. The van der Waals surface area contributed by atoms with E-state index in [2.05, 4.69) is 5.32 Å². The maximum Gasteiger partial charge on any atom is 0.243 e. The van der Waals surface area contributed by atoms with Crippen LogP contribution in [0, 0.1) is 12.8 Å². The van der Waals surface area contributed by atoms with Gasteiger partial charge < -0.3 is 10.2 Å². The Balaban J connectivity index is 2.09. The zero-order valence-corrected chi connectivity index (χ0v) is 15.5. The molecule has 1 aromatic carbocycles. The van der Waals surface area contributed by atoms with Crippen LogP contribution in [0.15, 0.2) is 29.2 Å². The first-order valence-electron chi connectivity index (χ1n) is 8.32. The van der Waals surface area contributed by atoms with Crippen molar-refractivity contribution in [2.75, 3.05) is 40.3 Å². The summed E-state index contributed by atoms with van der Waals surface area (Å²) < 4.78 is 27.1. The van der Waals surface area contributed by atoms with Gasteiger partial charge in [0.2, 0.25) is 15.9 Å². The average molecular weight is 353 g/mol. The van der Waals surface area contributed by atoms with Crippen LogP contribution in [0.1, 0.15) is 18.4 Å². The van der Waals surface area contributed by atoms with Gasteiger partial charge in [-0.1, -0.05) is 17.7 Å². The van der Waals surface area contributed by atoms with Crippen LogP contribution in [0.3, 0.4) is 0 Å². The summed E-state index contributed by atoms with van der Waals surface area (Å²) in [5, 5.41) is 3.02. The SMILES string of the molecule is CNCCN(C)C(=O)C1CCCN(S(=O)(=O)c2ccc(C)cc2)C1. The number of rotatable bonds is 6. The number of hydrogen-bond donors (Lipinski definition) is 1. The van der Waals surface area contributed by atoms with Crippen molar-refractivity contribution < 1.29 is 13.2 Å². The van der Waals surface area contributed by atoms with Gasteiger partial charge in [0, 0.05) is 33.2 Å². The second-order valence-corrected chi connectivity index (χ2v) is 8.32. The van der Waals surface area contributed by atoms with E-state index in [1.807, 2.05) is 14.0 Å². The van der Waals surface area contributed by atoms with E-state index in [1.165, 1.54) is 4.31 Å². The number of aryl methyl sites for hydroxylation is 1. The number of likely N-dealkylation sites (N-methyl/N-ethyl adjacent to an activating group) is 2. The Morgan fingerprint density at radius 3 is 2.62 bits per heavy atom. The first-order chi connectivity index (χ1) is 11.4. The van der Waals surface area contributed by atoms with E-state index in [1.54, 1.807) is 36.2 Å². The third-order valence-corrected chi connectivity index (χ3v) is 6.34. The highest BCUT2D eigenvalue weighted by Crippen LogP contribution is 2.25. The zero-order valence-electron chi connectivity index (χ0n) is 14.7. The molecule has 0 spiro atoms. The fourth-order valence-corrected chi connectivity index (χ4v) is 4.45. The largest absolute Gasteiger partial charge is 0.344 e. The van der Waals surface area contributed by atoms with Crippen molar-refractivity contribution in [2.45, 2.75) is 24.7 Å². The molecule has 0 radical (unpaired) electrons. The van der Waals surface area contributed by atoms with E-state index >= 15 is 0 Å². The molecule has 1 N–H and O–H groups in total.